The van der Waals surface area contributed by atoms with E-state index in [0.717, 1.165) is 40.7 Å². The number of benzene rings is 1. The summed E-state index contributed by atoms with van der Waals surface area (Å²) in [6.45, 7) is 5.56. The van der Waals surface area contributed by atoms with E-state index in [1.165, 1.54) is 0 Å². The van der Waals surface area contributed by atoms with Gasteiger partial charge in [0, 0.05) is 48.3 Å². The van der Waals surface area contributed by atoms with Crippen molar-refractivity contribution in [1.82, 2.24) is 20.4 Å². The van der Waals surface area contributed by atoms with Gasteiger partial charge >= 0.3 is 0 Å². The number of hydrogen-bond donors (Lipinski definition) is 2. The molecule has 1 aliphatic rings. The van der Waals surface area contributed by atoms with Crippen molar-refractivity contribution in [3.05, 3.63) is 47.3 Å². The fourth-order valence-corrected chi connectivity index (χ4v) is 3.93. The fraction of sp³-hybridized carbons (Fsp3) is 0.444. The molecule has 0 spiro atoms. The van der Waals surface area contributed by atoms with E-state index in [9.17, 15) is 4.79 Å². The molecule has 1 saturated heterocycles. The topological polar surface area (TPSA) is 59.0 Å². The first-order valence-electron chi connectivity index (χ1n) is 8.33. The van der Waals surface area contributed by atoms with Crippen LogP contribution in [0.4, 0.5) is 0 Å². The summed E-state index contributed by atoms with van der Waals surface area (Å²) < 4.78 is 1.94. The van der Waals surface area contributed by atoms with Crippen molar-refractivity contribution in [2.45, 2.75) is 32.9 Å². The third-order valence-corrected chi connectivity index (χ3v) is 5.47. The Kier molecular flexibility index (Phi) is 5.58. The lowest BCUT2D eigenvalue weighted by molar-refractivity contribution is -0.121. The zero-order chi connectivity index (χ0) is 16.9. The smallest absolute Gasteiger partial charge is 0.221 e. The third kappa shape index (κ3) is 3.99. The zero-order valence-corrected chi connectivity index (χ0v) is 15.0. The molecule has 1 atom stereocenters. The molecular formula is C18H24N4OS. The average molecular weight is 344 g/mol. The van der Waals surface area contributed by atoms with Crippen molar-refractivity contribution >= 4 is 17.7 Å². The molecule has 1 unspecified atom stereocenters. The van der Waals surface area contributed by atoms with Crippen LogP contribution >= 0.6 is 11.8 Å². The van der Waals surface area contributed by atoms with Gasteiger partial charge in [-0.2, -0.15) is 16.9 Å². The number of thioether (sulfide) groups is 1. The minimum absolute atomic E-state index is 0.0984. The maximum atomic E-state index is 12.2. The Morgan fingerprint density at radius 2 is 2.17 bits per heavy atom. The molecule has 1 aliphatic heterocycles. The van der Waals surface area contributed by atoms with Crippen LogP contribution in [-0.2, 0) is 11.3 Å². The van der Waals surface area contributed by atoms with Gasteiger partial charge in [0.05, 0.1) is 11.4 Å². The summed E-state index contributed by atoms with van der Waals surface area (Å²) in [6.07, 6.45) is 0.540. The van der Waals surface area contributed by atoms with Crippen molar-refractivity contribution in [3.63, 3.8) is 0 Å². The average Bonchev–Trinajstić information content (AvgIpc) is 2.89. The molecule has 2 heterocycles. The Labute approximate surface area is 147 Å². The number of nitrogens with one attached hydrogen (secondary N) is 2. The molecule has 1 aromatic heterocycles. The van der Waals surface area contributed by atoms with Gasteiger partial charge in [-0.1, -0.05) is 18.2 Å². The summed E-state index contributed by atoms with van der Waals surface area (Å²) in [5.41, 5.74) is 4.17. The lowest BCUT2D eigenvalue weighted by atomic mass is 10.1. The second-order valence-electron chi connectivity index (χ2n) is 6.10. The SMILES string of the molecule is Cc1nn(-c2ccccc2)c(C)c1CNC(=O)CC1CSCCN1. The van der Waals surface area contributed by atoms with Crippen LogP contribution in [0.2, 0.25) is 0 Å². The fourth-order valence-electron chi connectivity index (χ4n) is 2.99. The lowest BCUT2D eigenvalue weighted by Crippen LogP contribution is -2.41. The number of carbonyl (C=O) groups excluding carboxylic acids is 1. The van der Waals surface area contributed by atoms with Gasteiger partial charge in [0.15, 0.2) is 0 Å². The maximum absolute atomic E-state index is 12.2. The summed E-state index contributed by atoms with van der Waals surface area (Å²) in [4.78, 5) is 12.2. The molecule has 2 N–H and O–H groups in total. The Bertz CT molecular complexity index is 693. The maximum Gasteiger partial charge on any atom is 0.221 e. The Hall–Kier alpha value is -1.79. The second kappa shape index (κ2) is 7.85. The van der Waals surface area contributed by atoms with Crippen molar-refractivity contribution in [1.29, 1.82) is 0 Å². The summed E-state index contributed by atoms with van der Waals surface area (Å²) >= 11 is 1.91. The Morgan fingerprint density at radius 3 is 2.88 bits per heavy atom. The number of para-hydroxylation sites is 1. The van der Waals surface area contributed by atoms with Gasteiger partial charge in [-0.25, -0.2) is 4.68 Å². The Balaban J connectivity index is 1.63. The highest BCUT2D eigenvalue weighted by Gasteiger charge is 2.18. The van der Waals surface area contributed by atoms with E-state index in [1.54, 1.807) is 0 Å². The summed E-state index contributed by atoms with van der Waals surface area (Å²) in [7, 11) is 0. The molecular weight excluding hydrogens is 320 g/mol. The normalized spacial score (nSPS) is 17.7. The highest BCUT2D eigenvalue weighted by Crippen LogP contribution is 2.18. The summed E-state index contributed by atoms with van der Waals surface area (Å²) in [5, 5.41) is 11.1. The molecule has 2 aromatic rings. The molecule has 1 aromatic carbocycles. The number of hydrogen-bond acceptors (Lipinski definition) is 4. The molecule has 1 amide bonds. The first-order valence-corrected chi connectivity index (χ1v) is 9.49. The van der Waals surface area contributed by atoms with E-state index >= 15 is 0 Å². The van der Waals surface area contributed by atoms with Crippen LogP contribution in [0.5, 0.6) is 0 Å². The Morgan fingerprint density at radius 1 is 1.38 bits per heavy atom. The number of rotatable bonds is 5. The van der Waals surface area contributed by atoms with Crippen molar-refractivity contribution in [2.24, 2.45) is 0 Å². The van der Waals surface area contributed by atoms with E-state index in [-0.39, 0.29) is 11.9 Å². The molecule has 6 heteroatoms. The largest absolute Gasteiger partial charge is 0.352 e. The quantitative estimate of drug-likeness (QED) is 0.873. The van der Waals surface area contributed by atoms with Crippen molar-refractivity contribution in [2.75, 3.05) is 18.1 Å². The molecule has 128 valence electrons. The van der Waals surface area contributed by atoms with Crippen molar-refractivity contribution in [3.8, 4) is 5.69 Å². The van der Waals surface area contributed by atoms with Crippen LogP contribution in [0, 0.1) is 13.8 Å². The highest BCUT2D eigenvalue weighted by molar-refractivity contribution is 7.99. The molecule has 0 saturated carbocycles. The van der Waals surface area contributed by atoms with Crippen molar-refractivity contribution < 1.29 is 4.79 Å². The lowest BCUT2D eigenvalue weighted by Gasteiger charge is -2.22. The molecule has 3 rings (SSSR count). The van der Waals surface area contributed by atoms with Crippen LogP contribution in [-0.4, -0.2) is 39.8 Å². The van der Waals surface area contributed by atoms with Crippen LogP contribution in [0.1, 0.15) is 23.4 Å². The molecule has 0 radical (unpaired) electrons. The van der Waals surface area contributed by atoms with Gasteiger partial charge in [0.1, 0.15) is 0 Å². The van der Waals surface area contributed by atoms with Crippen LogP contribution in [0.25, 0.3) is 5.69 Å². The molecule has 1 fully saturated rings. The van der Waals surface area contributed by atoms with Gasteiger partial charge in [-0.15, -0.1) is 0 Å². The second-order valence-corrected chi connectivity index (χ2v) is 7.25. The first-order chi connectivity index (χ1) is 11.6. The predicted octanol–water partition coefficient (Wildman–Crippen LogP) is 2.20. The number of aryl methyl sites for hydroxylation is 1. The van der Waals surface area contributed by atoms with Crippen LogP contribution < -0.4 is 10.6 Å². The van der Waals surface area contributed by atoms with Crippen LogP contribution in [0.3, 0.4) is 0 Å². The minimum Gasteiger partial charge on any atom is -0.352 e. The van der Waals surface area contributed by atoms with Gasteiger partial charge in [-0.3, -0.25) is 4.79 Å². The highest BCUT2D eigenvalue weighted by atomic mass is 32.2. The van der Waals surface area contributed by atoms with E-state index in [4.69, 9.17) is 0 Å². The standard InChI is InChI=1S/C18H24N4OS/c1-13-17(11-20-18(23)10-15-12-24-9-8-19-15)14(2)22(21-13)16-6-4-3-5-7-16/h3-7,15,19H,8-12H2,1-2H3,(H,20,23). The molecule has 5 nitrogen and oxygen atoms in total. The predicted molar refractivity (Wildman–Crippen MR) is 98.6 cm³/mol. The van der Waals surface area contributed by atoms with E-state index in [2.05, 4.69) is 15.7 Å². The summed E-state index contributed by atoms with van der Waals surface area (Å²) in [5.74, 6) is 2.24. The van der Waals surface area contributed by atoms with E-state index in [0.29, 0.717) is 13.0 Å². The molecule has 0 aliphatic carbocycles. The van der Waals surface area contributed by atoms with Gasteiger partial charge < -0.3 is 10.6 Å². The zero-order valence-electron chi connectivity index (χ0n) is 14.2. The minimum atomic E-state index is 0.0984. The van der Waals surface area contributed by atoms with E-state index < -0.39 is 0 Å². The first kappa shape index (κ1) is 17.0. The molecule has 0 bridgehead atoms. The summed E-state index contributed by atoms with van der Waals surface area (Å²) in [6, 6.07) is 10.4. The van der Waals surface area contributed by atoms with Gasteiger partial charge in [0.25, 0.3) is 0 Å². The van der Waals surface area contributed by atoms with E-state index in [1.807, 2.05) is 60.6 Å². The number of amides is 1. The third-order valence-electron chi connectivity index (χ3n) is 4.33. The number of aromatic nitrogens is 2. The van der Waals surface area contributed by atoms with Crippen LogP contribution in [0.15, 0.2) is 30.3 Å². The number of nitrogens with zero attached hydrogens (tertiary/aromatic N) is 2. The van der Waals surface area contributed by atoms with Gasteiger partial charge in [0.2, 0.25) is 5.91 Å². The number of carbonyl (C=O) groups is 1. The molecule has 24 heavy (non-hydrogen) atoms. The van der Waals surface area contributed by atoms with Gasteiger partial charge in [-0.05, 0) is 26.0 Å². The monoisotopic (exact) mass is 344 g/mol.